The van der Waals surface area contributed by atoms with Gasteiger partial charge in [-0.3, -0.25) is 9.58 Å². The first-order valence-electron chi connectivity index (χ1n) is 8.73. The van der Waals surface area contributed by atoms with Gasteiger partial charge in [0.15, 0.2) is 0 Å². The Balaban J connectivity index is 1.69. The summed E-state index contributed by atoms with van der Waals surface area (Å²) in [5, 5.41) is 17.1. The third-order valence-corrected chi connectivity index (χ3v) is 4.47. The maximum absolute atomic E-state index is 9.06. The van der Waals surface area contributed by atoms with Gasteiger partial charge < -0.3 is 15.2 Å². The highest BCUT2D eigenvalue weighted by Gasteiger charge is 2.21. The molecule has 2 N–H and O–H groups in total. The highest BCUT2D eigenvalue weighted by atomic mass is 16.5. The molecule has 6 nitrogen and oxygen atoms in total. The van der Waals surface area contributed by atoms with Crippen LogP contribution >= 0.6 is 0 Å². The molecule has 1 aromatic heterocycles. The molecule has 1 aliphatic heterocycles. The van der Waals surface area contributed by atoms with Crippen LogP contribution in [-0.2, 0) is 17.8 Å². The molecule has 0 aromatic carbocycles. The number of morpholine rings is 1. The topological polar surface area (TPSA) is 62.5 Å². The van der Waals surface area contributed by atoms with Gasteiger partial charge in [-0.25, -0.2) is 0 Å². The van der Waals surface area contributed by atoms with E-state index in [2.05, 4.69) is 36.1 Å². The lowest BCUT2D eigenvalue weighted by molar-refractivity contribution is -0.0680. The number of nitrogens with zero attached hydrogens (tertiary/aromatic N) is 3. The van der Waals surface area contributed by atoms with Crippen molar-refractivity contribution in [2.75, 3.05) is 32.8 Å². The SMILES string of the molecule is Cc1nn(CCO)c(C)c1CNCCCN1CC(C)OC(C)C1. The first-order chi connectivity index (χ1) is 11.0. The average molecular weight is 324 g/mol. The molecule has 6 heteroatoms. The molecule has 2 unspecified atom stereocenters. The first kappa shape index (κ1) is 18.4. The molecule has 2 rings (SSSR count). The molecule has 2 atom stereocenters. The second-order valence-electron chi connectivity index (χ2n) is 6.64. The fourth-order valence-corrected chi connectivity index (χ4v) is 3.41. The summed E-state index contributed by atoms with van der Waals surface area (Å²) in [5.41, 5.74) is 3.46. The number of hydrogen-bond acceptors (Lipinski definition) is 5. The van der Waals surface area contributed by atoms with Crippen LogP contribution in [0.2, 0.25) is 0 Å². The molecule has 0 bridgehead atoms. The third kappa shape index (κ3) is 5.28. The lowest BCUT2D eigenvalue weighted by Gasteiger charge is -2.35. The van der Waals surface area contributed by atoms with Crippen molar-refractivity contribution in [1.82, 2.24) is 20.0 Å². The van der Waals surface area contributed by atoms with Crippen molar-refractivity contribution in [3.8, 4) is 0 Å². The van der Waals surface area contributed by atoms with Gasteiger partial charge in [0.1, 0.15) is 0 Å². The van der Waals surface area contributed by atoms with Gasteiger partial charge in [-0.15, -0.1) is 0 Å². The standard InChI is InChI=1S/C17H32N4O2/c1-13-11-20(12-14(2)23-13)7-5-6-18-10-17-15(3)19-21(8-9-22)16(17)4/h13-14,18,22H,5-12H2,1-4H3. The highest BCUT2D eigenvalue weighted by Crippen LogP contribution is 2.13. The Morgan fingerprint density at radius 1 is 1.22 bits per heavy atom. The Bertz CT molecular complexity index is 479. The van der Waals surface area contributed by atoms with Gasteiger partial charge in [-0.05, 0) is 47.2 Å². The number of aromatic nitrogens is 2. The van der Waals surface area contributed by atoms with E-state index < -0.39 is 0 Å². The molecule has 0 amide bonds. The van der Waals surface area contributed by atoms with E-state index in [1.807, 2.05) is 11.6 Å². The van der Waals surface area contributed by atoms with E-state index in [4.69, 9.17) is 9.84 Å². The van der Waals surface area contributed by atoms with Crippen LogP contribution in [0.15, 0.2) is 0 Å². The maximum atomic E-state index is 9.06. The number of aliphatic hydroxyl groups is 1. The van der Waals surface area contributed by atoms with Crippen molar-refractivity contribution in [2.45, 2.75) is 59.4 Å². The molecule has 2 heterocycles. The zero-order chi connectivity index (χ0) is 16.8. The van der Waals surface area contributed by atoms with Gasteiger partial charge in [-0.1, -0.05) is 0 Å². The van der Waals surface area contributed by atoms with Crippen LogP contribution in [0, 0.1) is 13.8 Å². The first-order valence-corrected chi connectivity index (χ1v) is 8.73. The van der Waals surface area contributed by atoms with E-state index in [9.17, 15) is 0 Å². The largest absolute Gasteiger partial charge is 0.394 e. The molecular weight excluding hydrogens is 292 g/mol. The Labute approximate surface area is 139 Å². The predicted octanol–water partition coefficient (Wildman–Crippen LogP) is 1.08. The van der Waals surface area contributed by atoms with Crippen LogP contribution in [0.3, 0.4) is 0 Å². The van der Waals surface area contributed by atoms with Crippen molar-refractivity contribution in [3.05, 3.63) is 17.0 Å². The predicted molar refractivity (Wildman–Crippen MR) is 91.6 cm³/mol. The fourth-order valence-electron chi connectivity index (χ4n) is 3.41. The van der Waals surface area contributed by atoms with E-state index >= 15 is 0 Å². The van der Waals surface area contributed by atoms with E-state index in [0.717, 1.165) is 50.5 Å². The molecular formula is C17H32N4O2. The Hall–Kier alpha value is -0.950. The second kappa shape index (κ2) is 8.78. The Kier molecular flexibility index (Phi) is 7.02. The van der Waals surface area contributed by atoms with E-state index in [0.29, 0.717) is 18.8 Å². The van der Waals surface area contributed by atoms with Gasteiger partial charge in [0.25, 0.3) is 0 Å². The summed E-state index contributed by atoms with van der Waals surface area (Å²) in [6.45, 7) is 14.2. The zero-order valence-corrected chi connectivity index (χ0v) is 15.0. The van der Waals surface area contributed by atoms with Gasteiger partial charge in [-0.2, -0.15) is 5.10 Å². The van der Waals surface area contributed by atoms with Crippen molar-refractivity contribution in [3.63, 3.8) is 0 Å². The Morgan fingerprint density at radius 3 is 2.57 bits per heavy atom. The van der Waals surface area contributed by atoms with Gasteiger partial charge in [0, 0.05) is 30.9 Å². The number of ether oxygens (including phenoxy) is 1. The minimum Gasteiger partial charge on any atom is -0.394 e. The number of aliphatic hydroxyl groups excluding tert-OH is 1. The van der Waals surface area contributed by atoms with Gasteiger partial charge in [0.2, 0.25) is 0 Å². The number of rotatable bonds is 8. The van der Waals surface area contributed by atoms with E-state index in [-0.39, 0.29) is 6.61 Å². The van der Waals surface area contributed by atoms with Crippen LogP contribution in [-0.4, -0.2) is 64.8 Å². The summed E-state index contributed by atoms with van der Waals surface area (Å²) in [7, 11) is 0. The fraction of sp³-hybridized carbons (Fsp3) is 0.824. The van der Waals surface area contributed by atoms with Crippen LogP contribution in [0.25, 0.3) is 0 Å². The summed E-state index contributed by atoms with van der Waals surface area (Å²) >= 11 is 0. The molecule has 1 aromatic rings. The average Bonchev–Trinajstić information content (AvgIpc) is 2.73. The second-order valence-corrected chi connectivity index (χ2v) is 6.64. The summed E-state index contributed by atoms with van der Waals surface area (Å²) in [4.78, 5) is 2.50. The molecule has 0 aliphatic carbocycles. The Morgan fingerprint density at radius 2 is 1.91 bits per heavy atom. The lowest BCUT2D eigenvalue weighted by Crippen LogP contribution is -2.46. The molecule has 0 spiro atoms. The van der Waals surface area contributed by atoms with Gasteiger partial charge >= 0.3 is 0 Å². The van der Waals surface area contributed by atoms with Crippen LogP contribution in [0.5, 0.6) is 0 Å². The van der Waals surface area contributed by atoms with E-state index in [1.165, 1.54) is 5.56 Å². The minimum atomic E-state index is 0.130. The highest BCUT2D eigenvalue weighted by molar-refractivity contribution is 5.24. The van der Waals surface area contributed by atoms with E-state index in [1.54, 1.807) is 0 Å². The summed E-state index contributed by atoms with van der Waals surface area (Å²) < 4.78 is 7.66. The molecule has 1 fully saturated rings. The van der Waals surface area contributed by atoms with Crippen LogP contribution < -0.4 is 5.32 Å². The normalized spacial score (nSPS) is 22.7. The van der Waals surface area contributed by atoms with Crippen molar-refractivity contribution >= 4 is 0 Å². The smallest absolute Gasteiger partial charge is 0.0678 e. The van der Waals surface area contributed by atoms with Crippen LogP contribution in [0.4, 0.5) is 0 Å². The third-order valence-electron chi connectivity index (χ3n) is 4.47. The number of aryl methyl sites for hydroxylation is 1. The molecule has 1 aliphatic rings. The monoisotopic (exact) mass is 324 g/mol. The molecule has 23 heavy (non-hydrogen) atoms. The van der Waals surface area contributed by atoms with Crippen LogP contribution in [0.1, 0.15) is 37.2 Å². The lowest BCUT2D eigenvalue weighted by atomic mass is 10.2. The molecule has 1 saturated heterocycles. The zero-order valence-electron chi connectivity index (χ0n) is 15.0. The van der Waals surface area contributed by atoms with Crippen molar-refractivity contribution in [1.29, 1.82) is 0 Å². The van der Waals surface area contributed by atoms with Crippen molar-refractivity contribution < 1.29 is 9.84 Å². The summed E-state index contributed by atoms with van der Waals surface area (Å²) in [6, 6.07) is 0. The molecule has 132 valence electrons. The summed E-state index contributed by atoms with van der Waals surface area (Å²) in [5.74, 6) is 0. The summed E-state index contributed by atoms with van der Waals surface area (Å²) in [6.07, 6.45) is 1.83. The quantitative estimate of drug-likeness (QED) is 0.701. The van der Waals surface area contributed by atoms with Gasteiger partial charge in [0.05, 0.1) is 31.1 Å². The van der Waals surface area contributed by atoms with Crippen molar-refractivity contribution in [2.24, 2.45) is 0 Å². The number of nitrogens with one attached hydrogen (secondary N) is 1. The molecule has 0 saturated carbocycles. The molecule has 0 radical (unpaired) electrons. The maximum Gasteiger partial charge on any atom is 0.0678 e. The minimum absolute atomic E-state index is 0.130. The number of hydrogen-bond donors (Lipinski definition) is 2.